The summed E-state index contributed by atoms with van der Waals surface area (Å²) in [6, 6.07) is 7.79. The van der Waals surface area contributed by atoms with Crippen molar-refractivity contribution in [1.82, 2.24) is 4.57 Å². The zero-order valence-electron chi connectivity index (χ0n) is 8.73. The summed E-state index contributed by atoms with van der Waals surface area (Å²) in [6.45, 7) is 0.402. The number of aromatic nitrogens is 1. The number of hydrogen-bond donors (Lipinski definition) is 1. The molecule has 1 heterocycles. The first-order chi connectivity index (χ1) is 7.24. The largest absolute Gasteiger partial charge is 0.350 e. The molecule has 0 aliphatic heterocycles. The molecule has 0 unspecified atom stereocenters. The highest BCUT2D eigenvalue weighted by Gasteiger charge is 2.10. The zero-order valence-corrected chi connectivity index (χ0v) is 8.73. The van der Waals surface area contributed by atoms with Crippen LogP contribution in [-0.4, -0.2) is 16.9 Å². The Morgan fingerprint density at radius 2 is 2.20 bits per heavy atom. The molecule has 0 aliphatic rings. The number of Topliss-reactive ketones (excluding diaryl/α,β-unsaturated/α-hetero) is 1. The molecule has 3 heteroatoms. The quantitative estimate of drug-likeness (QED) is 0.770. The molecule has 1 aromatic heterocycles. The van der Waals surface area contributed by atoms with E-state index in [0.717, 1.165) is 16.5 Å². The van der Waals surface area contributed by atoms with Gasteiger partial charge in [0.15, 0.2) is 5.78 Å². The van der Waals surface area contributed by atoms with Crippen molar-refractivity contribution in [3.63, 3.8) is 0 Å². The van der Waals surface area contributed by atoms with Crippen molar-refractivity contribution in [3.8, 4) is 0 Å². The van der Waals surface area contributed by atoms with E-state index in [2.05, 4.69) is 0 Å². The van der Waals surface area contributed by atoms with Gasteiger partial charge in [-0.05, 0) is 18.7 Å². The smallest absolute Gasteiger partial charge is 0.166 e. The number of nitrogens with zero attached hydrogens (tertiary/aromatic N) is 1. The van der Waals surface area contributed by atoms with Crippen molar-refractivity contribution in [3.05, 3.63) is 36.0 Å². The van der Waals surface area contributed by atoms with E-state index in [9.17, 15) is 4.79 Å². The number of rotatable bonds is 3. The van der Waals surface area contributed by atoms with Crippen molar-refractivity contribution in [2.75, 3.05) is 6.54 Å². The molecule has 0 saturated heterocycles. The summed E-state index contributed by atoms with van der Waals surface area (Å²) >= 11 is 0. The minimum absolute atomic E-state index is 0.116. The second-order valence-electron chi connectivity index (χ2n) is 3.63. The lowest BCUT2D eigenvalue weighted by Gasteiger charge is -2.04. The van der Waals surface area contributed by atoms with E-state index in [4.69, 9.17) is 5.73 Å². The van der Waals surface area contributed by atoms with Gasteiger partial charge in [0, 0.05) is 30.6 Å². The highest BCUT2D eigenvalue weighted by atomic mass is 16.1. The molecule has 78 valence electrons. The van der Waals surface area contributed by atoms with Gasteiger partial charge in [-0.25, -0.2) is 0 Å². The molecule has 3 nitrogen and oxygen atoms in total. The molecular formula is C12H14N2O. The maximum absolute atomic E-state index is 11.8. The van der Waals surface area contributed by atoms with E-state index in [0.29, 0.717) is 13.0 Å². The third-order valence-electron chi connectivity index (χ3n) is 2.57. The van der Waals surface area contributed by atoms with Crippen LogP contribution in [0.3, 0.4) is 0 Å². The number of carbonyl (C=O) groups excluding carboxylic acids is 1. The van der Waals surface area contributed by atoms with Gasteiger partial charge in [0.05, 0.1) is 5.52 Å². The van der Waals surface area contributed by atoms with E-state index in [1.807, 2.05) is 42.1 Å². The molecule has 2 rings (SSSR count). The zero-order chi connectivity index (χ0) is 10.8. The highest BCUT2D eigenvalue weighted by molar-refractivity contribution is 6.07. The van der Waals surface area contributed by atoms with Gasteiger partial charge in [-0.15, -0.1) is 0 Å². The minimum atomic E-state index is 0.116. The minimum Gasteiger partial charge on any atom is -0.350 e. The molecular weight excluding hydrogens is 188 g/mol. The Balaban J connectivity index is 2.59. The molecule has 0 radical (unpaired) electrons. The van der Waals surface area contributed by atoms with Crippen LogP contribution < -0.4 is 5.73 Å². The second-order valence-corrected chi connectivity index (χ2v) is 3.63. The Labute approximate surface area is 88.5 Å². The van der Waals surface area contributed by atoms with E-state index in [1.165, 1.54) is 0 Å². The molecule has 0 spiro atoms. The summed E-state index contributed by atoms with van der Waals surface area (Å²) in [6.07, 6.45) is 2.37. The van der Waals surface area contributed by atoms with E-state index >= 15 is 0 Å². The van der Waals surface area contributed by atoms with Crippen LogP contribution in [0.4, 0.5) is 0 Å². The molecule has 0 atom stereocenters. The van der Waals surface area contributed by atoms with Crippen molar-refractivity contribution >= 4 is 16.7 Å². The first-order valence-corrected chi connectivity index (χ1v) is 5.01. The molecule has 0 saturated carbocycles. The summed E-state index contributed by atoms with van der Waals surface area (Å²) in [5.74, 6) is 0.116. The molecule has 0 fully saturated rings. The predicted molar refractivity (Wildman–Crippen MR) is 60.9 cm³/mol. The second kappa shape index (κ2) is 3.87. The third-order valence-corrected chi connectivity index (χ3v) is 2.57. The van der Waals surface area contributed by atoms with E-state index in [1.54, 1.807) is 0 Å². The number of hydrogen-bond acceptors (Lipinski definition) is 2. The van der Waals surface area contributed by atoms with Gasteiger partial charge >= 0.3 is 0 Å². The van der Waals surface area contributed by atoms with Gasteiger partial charge in [0.25, 0.3) is 0 Å². The van der Waals surface area contributed by atoms with Gasteiger partial charge in [-0.3, -0.25) is 4.79 Å². The van der Waals surface area contributed by atoms with E-state index in [-0.39, 0.29) is 5.78 Å². The van der Waals surface area contributed by atoms with Gasteiger partial charge in [-0.1, -0.05) is 12.1 Å². The summed E-state index contributed by atoms with van der Waals surface area (Å²) in [5.41, 5.74) is 7.16. The van der Waals surface area contributed by atoms with Gasteiger partial charge in [0.1, 0.15) is 0 Å². The first kappa shape index (κ1) is 9.93. The number of ketones is 1. The topological polar surface area (TPSA) is 48.0 Å². The predicted octanol–water partition coefficient (Wildman–Crippen LogP) is 1.71. The summed E-state index contributed by atoms with van der Waals surface area (Å²) in [5, 5.41) is 1.10. The molecule has 0 aliphatic carbocycles. The van der Waals surface area contributed by atoms with Crippen LogP contribution in [0, 0.1) is 0 Å². The van der Waals surface area contributed by atoms with Crippen LogP contribution in [0.5, 0.6) is 0 Å². The summed E-state index contributed by atoms with van der Waals surface area (Å²) in [4.78, 5) is 11.8. The normalized spacial score (nSPS) is 10.8. The number of carbonyl (C=O) groups is 1. The highest BCUT2D eigenvalue weighted by Crippen LogP contribution is 2.20. The van der Waals surface area contributed by atoms with E-state index < -0.39 is 0 Å². The lowest BCUT2D eigenvalue weighted by atomic mass is 10.1. The number of aryl methyl sites for hydroxylation is 1. The van der Waals surface area contributed by atoms with Crippen LogP contribution in [0.15, 0.2) is 30.5 Å². The molecule has 1 aromatic carbocycles. The molecule has 2 N–H and O–H groups in total. The summed E-state index contributed by atoms with van der Waals surface area (Å²) < 4.78 is 1.97. The molecule has 0 amide bonds. The lowest BCUT2D eigenvalue weighted by molar-refractivity contribution is 0.0986. The Morgan fingerprint density at radius 3 is 2.93 bits per heavy atom. The van der Waals surface area contributed by atoms with Crippen molar-refractivity contribution in [1.29, 1.82) is 0 Å². The van der Waals surface area contributed by atoms with Gasteiger partial charge < -0.3 is 10.3 Å². The van der Waals surface area contributed by atoms with Gasteiger partial charge in [0.2, 0.25) is 0 Å². The Kier molecular flexibility index (Phi) is 2.56. The Hall–Kier alpha value is -1.61. The Bertz CT molecular complexity index is 499. The fourth-order valence-electron chi connectivity index (χ4n) is 1.85. The van der Waals surface area contributed by atoms with Crippen LogP contribution in [0.25, 0.3) is 10.9 Å². The maximum Gasteiger partial charge on any atom is 0.166 e. The van der Waals surface area contributed by atoms with Crippen LogP contribution >= 0.6 is 0 Å². The summed E-state index contributed by atoms with van der Waals surface area (Å²) in [7, 11) is 1.95. The standard InChI is InChI=1S/C12H14N2O/c1-14-8-6-9-3-2-4-10(12(9)14)11(15)5-7-13/h2-4,6,8H,5,7,13H2,1H3. The fourth-order valence-corrected chi connectivity index (χ4v) is 1.85. The van der Waals surface area contributed by atoms with Crippen molar-refractivity contribution in [2.24, 2.45) is 12.8 Å². The molecule has 2 aromatic rings. The number of benzene rings is 1. The molecule has 15 heavy (non-hydrogen) atoms. The van der Waals surface area contributed by atoms with Crippen molar-refractivity contribution in [2.45, 2.75) is 6.42 Å². The van der Waals surface area contributed by atoms with Crippen LogP contribution in [-0.2, 0) is 7.05 Å². The van der Waals surface area contributed by atoms with Crippen molar-refractivity contribution < 1.29 is 4.79 Å². The van der Waals surface area contributed by atoms with Gasteiger partial charge in [-0.2, -0.15) is 0 Å². The first-order valence-electron chi connectivity index (χ1n) is 5.01. The fraction of sp³-hybridized carbons (Fsp3) is 0.250. The maximum atomic E-state index is 11.8. The average Bonchev–Trinajstić information content (AvgIpc) is 2.61. The number of para-hydroxylation sites is 1. The number of fused-ring (bicyclic) bond motifs is 1. The average molecular weight is 202 g/mol. The molecule has 0 bridgehead atoms. The lowest BCUT2D eigenvalue weighted by Crippen LogP contribution is -2.09. The van der Waals surface area contributed by atoms with Crippen LogP contribution in [0.2, 0.25) is 0 Å². The van der Waals surface area contributed by atoms with Crippen LogP contribution in [0.1, 0.15) is 16.8 Å². The third kappa shape index (κ3) is 1.66. The Morgan fingerprint density at radius 1 is 1.40 bits per heavy atom. The number of nitrogens with two attached hydrogens (primary N) is 1. The monoisotopic (exact) mass is 202 g/mol. The SMILES string of the molecule is Cn1ccc2cccc(C(=O)CCN)c21.